The first kappa shape index (κ1) is 18.4. The summed E-state index contributed by atoms with van der Waals surface area (Å²) in [5, 5.41) is 14.3. The molecular formula is C18H23N7O2. The molecule has 0 saturated heterocycles. The number of fused-ring (bicyclic) bond motifs is 1. The van der Waals surface area contributed by atoms with E-state index in [0.29, 0.717) is 12.4 Å². The maximum atomic E-state index is 12.1. The Bertz CT molecular complexity index is 958. The van der Waals surface area contributed by atoms with E-state index in [9.17, 15) is 9.59 Å². The summed E-state index contributed by atoms with van der Waals surface area (Å²) in [6.07, 6.45) is 2.26. The largest absolute Gasteiger partial charge is 0.358 e. The van der Waals surface area contributed by atoms with Gasteiger partial charge < -0.3 is 15.2 Å². The number of amides is 3. The van der Waals surface area contributed by atoms with Gasteiger partial charge in [-0.05, 0) is 25.0 Å². The number of carbonyl (C=O) groups is 2. The number of hydrogen-bond donors (Lipinski definition) is 3. The Morgan fingerprint density at radius 3 is 2.81 bits per heavy atom. The van der Waals surface area contributed by atoms with Crippen LogP contribution < -0.4 is 10.6 Å². The van der Waals surface area contributed by atoms with E-state index in [0.717, 1.165) is 17.6 Å². The second-order valence-corrected chi connectivity index (χ2v) is 6.50. The number of urea groups is 1. The van der Waals surface area contributed by atoms with Crippen LogP contribution >= 0.6 is 0 Å². The molecule has 0 saturated carbocycles. The van der Waals surface area contributed by atoms with E-state index in [1.54, 1.807) is 14.1 Å². The smallest absolute Gasteiger partial charge is 0.322 e. The van der Waals surface area contributed by atoms with Crippen molar-refractivity contribution >= 4 is 28.7 Å². The number of aryl methyl sites for hydroxylation is 1. The number of aromatic amines is 1. The summed E-state index contributed by atoms with van der Waals surface area (Å²) in [6.45, 7) is 2.61. The Balaban J connectivity index is 1.51. The average molecular weight is 369 g/mol. The molecule has 0 aliphatic carbocycles. The van der Waals surface area contributed by atoms with Gasteiger partial charge in [0.1, 0.15) is 6.54 Å². The first-order valence-corrected chi connectivity index (χ1v) is 8.65. The Hall–Kier alpha value is -3.36. The van der Waals surface area contributed by atoms with Crippen molar-refractivity contribution in [3.63, 3.8) is 0 Å². The second-order valence-electron chi connectivity index (χ2n) is 6.50. The third-order valence-electron chi connectivity index (χ3n) is 4.21. The third-order valence-corrected chi connectivity index (χ3v) is 4.21. The average Bonchev–Trinajstić information content (AvgIpc) is 3.18. The molecule has 0 atom stereocenters. The molecule has 0 unspecified atom stereocenters. The number of carbonyl (C=O) groups excluding carboxylic acids is 2. The second kappa shape index (κ2) is 7.90. The van der Waals surface area contributed by atoms with Crippen LogP contribution in [0.4, 0.5) is 10.6 Å². The maximum absolute atomic E-state index is 12.1. The Morgan fingerprint density at radius 2 is 2.04 bits per heavy atom. The van der Waals surface area contributed by atoms with Gasteiger partial charge in [0.15, 0.2) is 5.82 Å². The van der Waals surface area contributed by atoms with Crippen LogP contribution in [-0.4, -0.2) is 57.5 Å². The number of nitrogens with one attached hydrogen (secondary N) is 3. The van der Waals surface area contributed by atoms with Gasteiger partial charge in [-0.15, -0.1) is 5.10 Å². The van der Waals surface area contributed by atoms with E-state index < -0.39 is 0 Å². The predicted molar refractivity (Wildman–Crippen MR) is 102 cm³/mol. The molecule has 1 aromatic carbocycles. The van der Waals surface area contributed by atoms with E-state index in [-0.39, 0.29) is 18.5 Å². The monoisotopic (exact) mass is 369 g/mol. The number of H-pyrrole nitrogens is 1. The molecule has 3 amide bonds. The summed E-state index contributed by atoms with van der Waals surface area (Å²) < 4.78 is 1.39. The molecule has 3 aromatic rings. The number of hydrogen-bond acceptors (Lipinski definition) is 4. The van der Waals surface area contributed by atoms with E-state index in [1.165, 1.54) is 26.7 Å². The summed E-state index contributed by atoms with van der Waals surface area (Å²) in [7, 11) is 3.26. The normalized spacial score (nSPS) is 10.8. The van der Waals surface area contributed by atoms with Gasteiger partial charge in [-0.3, -0.25) is 10.1 Å². The van der Waals surface area contributed by atoms with Crippen LogP contribution in [0.25, 0.3) is 10.9 Å². The van der Waals surface area contributed by atoms with Crippen molar-refractivity contribution in [2.24, 2.45) is 0 Å². The molecule has 27 heavy (non-hydrogen) atoms. The van der Waals surface area contributed by atoms with Crippen LogP contribution in [0.15, 0.2) is 30.5 Å². The zero-order valence-corrected chi connectivity index (χ0v) is 15.6. The molecule has 9 heteroatoms. The van der Waals surface area contributed by atoms with Crippen molar-refractivity contribution in [1.29, 1.82) is 0 Å². The fraction of sp³-hybridized carbons (Fsp3) is 0.333. The SMILES string of the molecule is Cc1[nH]c2ccccc2c1CCNC(=O)Cn1cc(NC(=O)N(C)C)nn1. The Kier molecular flexibility index (Phi) is 5.39. The molecule has 2 aromatic heterocycles. The highest BCUT2D eigenvalue weighted by Crippen LogP contribution is 2.21. The topological polar surface area (TPSA) is 108 Å². The van der Waals surface area contributed by atoms with Crippen molar-refractivity contribution in [1.82, 2.24) is 30.2 Å². The van der Waals surface area contributed by atoms with Gasteiger partial charge >= 0.3 is 6.03 Å². The van der Waals surface area contributed by atoms with Crippen molar-refractivity contribution < 1.29 is 9.59 Å². The highest BCUT2D eigenvalue weighted by Gasteiger charge is 2.11. The lowest BCUT2D eigenvalue weighted by Gasteiger charge is -2.09. The van der Waals surface area contributed by atoms with E-state index in [2.05, 4.69) is 32.0 Å². The number of para-hydroxylation sites is 1. The highest BCUT2D eigenvalue weighted by molar-refractivity contribution is 5.87. The number of benzene rings is 1. The van der Waals surface area contributed by atoms with Crippen LogP contribution in [0.1, 0.15) is 11.3 Å². The lowest BCUT2D eigenvalue weighted by atomic mass is 10.1. The van der Waals surface area contributed by atoms with Crippen molar-refractivity contribution in [2.75, 3.05) is 26.0 Å². The van der Waals surface area contributed by atoms with Crippen LogP contribution in [-0.2, 0) is 17.8 Å². The van der Waals surface area contributed by atoms with Gasteiger partial charge in [-0.25, -0.2) is 9.48 Å². The molecule has 142 valence electrons. The third kappa shape index (κ3) is 4.43. The summed E-state index contributed by atoms with van der Waals surface area (Å²) >= 11 is 0. The molecule has 2 heterocycles. The zero-order valence-electron chi connectivity index (χ0n) is 15.6. The minimum Gasteiger partial charge on any atom is -0.358 e. The lowest BCUT2D eigenvalue weighted by molar-refractivity contribution is -0.121. The zero-order chi connectivity index (χ0) is 19.4. The van der Waals surface area contributed by atoms with Crippen molar-refractivity contribution in [3.8, 4) is 0 Å². The molecule has 0 aliphatic heterocycles. The first-order valence-electron chi connectivity index (χ1n) is 8.65. The first-order chi connectivity index (χ1) is 12.9. The van der Waals surface area contributed by atoms with Crippen LogP contribution in [0.5, 0.6) is 0 Å². The van der Waals surface area contributed by atoms with E-state index in [1.807, 2.05) is 25.1 Å². The van der Waals surface area contributed by atoms with Crippen molar-refractivity contribution in [3.05, 3.63) is 41.7 Å². The van der Waals surface area contributed by atoms with Crippen LogP contribution in [0.3, 0.4) is 0 Å². The van der Waals surface area contributed by atoms with Gasteiger partial charge in [-0.2, -0.15) is 0 Å². The molecule has 0 bridgehead atoms. The standard InChI is InChI=1S/C18H23N7O2/c1-12-13(14-6-4-5-7-15(14)20-12)8-9-19-17(26)11-25-10-16(22-23-25)21-18(27)24(2)3/h4-7,10,20H,8-9,11H2,1-3H3,(H,19,26)(H,21,27). The van der Waals surface area contributed by atoms with E-state index >= 15 is 0 Å². The number of aromatic nitrogens is 4. The summed E-state index contributed by atoms with van der Waals surface area (Å²) in [5.41, 5.74) is 3.43. The molecule has 3 rings (SSSR count). The Morgan fingerprint density at radius 1 is 1.26 bits per heavy atom. The highest BCUT2D eigenvalue weighted by atomic mass is 16.2. The van der Waals surface area contributed by atoms with Gasteiger partial charge in [0.2, 0.25) is 5.91 Å². The molecule has 9 nitrogen and oxygen atoms in total. The maximum Gasteiger partial charge on any atom is 0.322 e. The molecule has 0 radical (unpaired) electrons. The quantitative estimate of drug-likeness (QED) is 0.612. The molecule has 0 fully saturated rings. The van der Waals surface area contributed by atoms with Crippen LogP contribution in [0.2, 0.25) is 0 Å². The molecular weight excluding hydrogens is 346 g/mol. The predicted octanol–water partition coefficient (Wildman–Crippen LogP) is 1.52. The molecule has 0 aliphatic rings. The summed E-state index contributed by atoms with van der Waals surface area (Å²) in [5.74, 6) is 0.138. The minimum absolute atomic E-state index is 0.0394. The fourth-order valence-corrected chi connectivity index (χ4v) is 2.84. The lowest BCUT2D eigenvalue weighted by Crippen LogP contribution is -2.29. The number of nitrogens with zero attached hydrogens (tertiary/aromatic N) is 4. The van der Waals surface area contributed by atoms with Gasteiger partial charge in [-0.1, -0.05) is 23.4 Å². The van der Waals surface area contributed by atoms with Gasteiger partial charge in [0.25, 0.3) is 0 Å². The molecule has 3 N–H and O–H groups in total. The summed E-state index contributed by atoms with van der Waals surface area (Å²) in [4.78, 5) is 28.4. The van der Waals surface area contributed by atoms with Crippen LogP contribution in [0, 0.1) is 6.92 Å². The number of rotatable bonds is 6. The number of anilines is 1. The van der Waals surface area contributed by atoms with Gasteiger partial charge in [0, 0.05) is 37.2 Å². The molecule has 0 spiro atoms. The fourth-order valence-electron chi connectivity index (χ4n) is 2.84. The minimum atomic E-state index is -0.305. The van der Waals surface area contributed by atoms with Gasteiger partial charge in [0.05, 0.1) is 6.20 Å². The van der Waals surface area contributed by atoms with E-state index in [4.69, 9.17) is 0 Å². The van der Waals surface area contributed by atoms with Crippen molar-refractivity contribution in [2.45, 2.75) is 19.9 Å². The summed E-state index contributed by atoms with van der Waals surface area (Å²) in [6, 6.07) is 7.82. The Labute approximate surface area is 156 Å².